The zero-order chi connectivity index (χ0) is 14.7. The highest BCUT2D eigenvalue weighted by molar-refractivity contribution is 8.08. The minimum Gasteiger partial charge on any atom is -0.295 e. The van der Waals surface area contributed by atoms with Gasteiger partial charge < -0.3 is 0 Å². The highest BCUT2D eigenvalue weighted by Crippen LogP contribution is 2.41. The average molecular weight is 292 g/mol. The van der Waals surface area contributed by atoms with E-state index >= 15 is 0 Å². The molecule has 1 heterocycles. The van der Waals surface area contributed by atoms with Crippen molar-refractivity contribution in [3.8, 4) is 0 Å². The summed E-state index contributed by atoms with van der Waals surface area (Å²) < 4.78 is 0. The van der Waals surface area contributed by atoms with Crippen LogP contribution in [0.3, 0.4) is 0 Å². The maximum atomic E-state index is 11.7. The molecule has 3 rings (SSSR count). The van der Waals surface area contributed by atoms with Gasteiger partial charge in [0.1, 0.15) is 0 Å². The van der Waals surface area contributed by atoms with Crippen LogP contribution in [0.25, 0.3) is 10.5 Å². The summed E-state index contributed by atoms with van der Waals surface area (Å²) in [5.74, 6) is 0.902. The van der Waals surface area contributed by atoms with Crippen LogP contribution in [0.1, 0.15) is 18.1 Å². The summed E-state index contributed by atoms with van der Waals surface area (Å²) in [5.41, 5.74) is 4.39. The number of hydrogen-bond donors (Lipinski definition) is 0. The first-order chi connectivity index (χ1) is 10.3. The van der Waals surface area contributed by atoms with Crippen molar-refractivity contribution in [3.05, 3.63) is 83.4 Å². The first kappa shape index (κ1) is 13.9. The standard InChI is InChI=1S/C19H16OS/c1-14(20)17-12-18(15-8-4-2-5-9-15)19(21-13-17)16-10-6-3-7-11-16/h2-12H,13H2,1H3. The van der Waals surface area contributed by atoms with Crippen molar-refractivity contribution in [2.75, 3.05) is 5.75 Å². The normalized spacial score (nSPS) is 14.8. The number of hydrogen-bond acceptors (Lipinski definition) is 2. The van der Waals surface area contributed by atoms with Gasteiger partial charge in [-0.25, -0.2) is 0 Å². The number of thioether (sulfide) groups is 1. The zero-order valence-corrected chi connectivity index (χ0v) is 12.7. The van der Waals surface area contributed by atoms with Gasteiger partial charge in [-0.3, -0.25) is 4.79 Å². The minimum absolute atomic E-state index is 0.156. The Morgan fingerprint density at radius 3 is 2.05 bits per heavy atom. The first-order valence-corrected chi connectivity index (χ1v) is 7.93. The predicted molar refractivity (Wildman–Crippen MR) is 90.9 cm³/mol. The van der Waals surface area contributed by atoms with Gasteiger partial charge in [0.15, 0.2) is 5.78 Å². The number of ketones is 1. The zero-order valence-electron chi connectivity index (χ0n) is 11.9. The number of carbonyl (C=O) groups is 1. The van der Waals surface area contributed by atoms with Crippen LogP contribution in [0, 0.1) is 0 Å². The van der Waals surface area contributed by atoms with E-state index in [4.69, 9.17) is 0 Å². The molecule has 104 valence electrons. The first-order valence-electron chi connectivity index (χ1n) is 6.95. The van der Waals surface area contributed by atoms with Crippen LogP contribution < -0.4 is 0 Å². The second kappa shape index (κ2) is 6.15. The van der Waals surface area contributed by atoms with Gasteiger partial charge in [-0.1, -0.05) is 60.7 Å². The monoisotopic (exact) mass is 292 g/mol. The summed E-state index contributed by atoms with van der Waals surface area (Å²) in [6.45, 7) is 1.64. The van der Waals surface area contributed by atoms with E-state index in [0.29, 0.717) is 0 Å². The third-order valence-corrected chi connectivity index (χ3v) is 4.71. The fourth-order valence-corrected chi connectivity index (χ4v) is 3.59. The quantitative estimate of drug-likeness (QED) is 0.807. The molecular weight excluding hydrogens is 276 g/mol. The highest BCUT2D eigenvalue weighted by atomic mass is 32.2. The Morgan fingerprint density at radius 1 is 0.905 bits per heavy atom. The molecule has 0 amide bonds. The van der Waals surface area contributed by atoms with Gasteiger partial charge in [0.25, 0.3) is 0 Å². The van der Waals surface area contributed by atoms with E-state index in [-0.39, 0.29) is 5.78 Å². The lowest BCUT2D eigenvalue weighted by Gasteiger charge is -2.19. The minimum atomic E-state index is 0.156. The number of Topliss-reactive ketones (excluding diaryl/α,β-unsaturated/α-hetero) is 1. The predicted octanol–water partition coefficient (Wildman–Crippen LogP) is 4.82. The molecule has 0 fully saturated rings. The highest BCUT2D eigenvalue weighted by Gasteiger charge is 2.18. The second-order valence-electron chi connectivity index (χ2n) is 4.99. The fraction of sp³-hybridized carbons (Fsp3) is 0.105. The molecule has 0 atom stereocenters. The molecule has 0 radical (unpaired) electrons. The molecular formula is C19H16OS. The lowest BCUT2D eigenvalue weighted by molar-refractivity contribution is -0.113. The van der Waals surface area contributed by atoms with Crippen LogP contribution in [0.2, 0.25) is 0 Å². The van der Waals surface area contributed by atoms with Crippen molar-refractivity contribution in [2.45, 2.75) is 6.92 Å². The summed E-state index contributed by atoms with van der Waals surface area (Å²) in [6.07, 6.45) is 2.05. The second-order valence-corrected chi connectivity index (χ2v) is 5.97. The van der Waals surface area contributed by atoms with E-state index in [1.165, 1.54) is 10.5 Å². The van der Waals surface area contributed by atoms with Crippen LogP contribution in [0.5, 0.6) is 0 Å². The molecule has 0 saturated heterocycles. The van der Waals surface area contributed by atoms with E-state index < -0.39 is 0 Å². The van der Waals surface area contributed by atoms with Crippen molar-refractivity contribution in [1.82, 2.24) is 0 Å². The van der Waals surface area contributed by atoms with Crippen molar-refractivity contribution in [2.24, 2.45) is 0 Å². The maximum absolute atomic E-state index is 11.7. The van der Waals surface area contributed by atoms with E-state index in [2.05, 4.69) is 42.5 Å². The summed E-state index contributed by atoms with van der Waals surface area (Å²) in [7, 11) is 0. The molecule has 1 aliphatic heterocycles. The van der Waals surface area contributed by atoms with Crippen LogP contribution in [-0.4, -0.2) is 11.5 Å². The Balaban J connectivity index is 2.17. The lowest BCUT2D eigenvalue weighted by atomic mass is 9.99. The van der Waals surface area contributed by atoms with Crippen molar-refractivity contribution in [1.29, 1.82) is 0 Å². The Kier molecular flexibility index (Phi) is 4.07. The van der Waals surface area contributed by atoms with E-state index in [9.17, 15) is 4.79 Å². The fourth-order valence-electron chi connectivity index (χ4n) is 2.37. The SMILES string of the molecule is CC(=O)C1=CC(c2ccccc2)=C(c2ccccc2)SC1. The van der Waals surface area contributed by atoms with Gasteiger partial charge >= 0.3 is 0 Å². The van der Waals surface area contributed by atoms with Gasteiger partial charge in [0.2, 0.25) is 0 Å². The van der Waals surface area contributed by atoms with E-state index in [1.54, 1.807) is 18.7 Å². The Morgan fingerprint density at radius 2 is 1.48 bits per heavy atom. The average Bonchev–Trinajstić information content (AvgIpc) is 2.56. The van der Waals surface area contributed by atoms with Crippen LogP contribution in [0.15, 0.2) is 72.3 Å². The molecule has 2 heteroatoms. The molecule has 0 aromatic heterocycles. The number of rotatable bonds is 3. The molecule has 1 nitrogen and oxygen atoms in total. The van der Waals surface area contributed by atoms with E-state index in [1.807, 2.05) is 24.3 Å². The molecule has 1 aliphatic rings. The molecule has 2 aromatic carbocycles. The summed E-state index contributed by atoms with van der Waals surface area (Å²) in [6, 6.07) is 20.6. The number of allylic oxidation sites excluding steroid dienone is 2. The smallest absolute Gasteiger partial charge is 0.156 e. The molecule has 0 unspecified atom stereocenters. The Hall–Kier alpha value is -2.06. The van der Waals surface area contributed by atoms with Gasteiger partial charge in [0.05, 0.1) is 0 Å². The third-order valence-electron chi connectivity index (χ3n) is 3.51. The molecule has 0 N–H and O–H groups in total. The summed E-state index contributed by atoms with van der Waals surface area (Å²) in [4.78, 5) is 13.0. The summed E-state index contributed by atoms with van der Waals surface area (Å²) in [5, 5.41) is 0. The van der Waals surface area contributed by atoms with Crippen LogP contribution in [0.4, 0.5) is 0 Å². The van der Waals surface area contributed by atoms with Crippen molar-refractivity contribution < 1.29 is 4.79 Å². The van der Waals surface area contributed by atoms with Crippen molar-refractivity contribution in [3.63, 3.8) is 0 Å². The molecule has 21 heavy (non-hydrogen) atoms. The van der Waals surface area contributed by atoms with Crippen LogP contribution in [-0.2, 0) is 4.79 Å². The Bertz CT molecular complexity index is 712. The number of benzene rings is 2. The largest absolute Gasteiger partial charge is 0.295 e. The van der Waals surface area contributed by atoms with Gasteiger partial charge in [0, 0.05) is 16.2 Å². The number of carbonyl (C=O) groups excluding carboxylic acids is 1. The molecule has 0 spiro atoms. The van der Waals surface area contributed by atoms with Gasteiger partial charge in [-0.15, -0.1) is 11.8 Å². The Labute approximate surface area is 129 Å². The topological polar surface area (TPSA) is 17.1 Å². The van der Waals surface area contributed by atoms with E-state index in [0.717, 1.165) is 22.5 Å². The third kappa shape index (κ3) is 3.01. The molecule has 2 aromatic rings. The van der Waals surface area contributed by atoms with Crippen molar-refractivity contribution >= 4 is 28.0 Å². The van der Waals surface area contributed by atoms with Gasteiger partial charge in [-0.05, 0) is 29.7 Å². The van der Waals surface area contributed by atoms with Crippen LogP contribution >= 0.6 is 11.8 Å². The molecule has 0 bridgehead atoms. The molecule has 0 aliphatic carbocycles. The lowest BCUT2D eigenvalue weighted by Crippen LogP contribution is -2.05. The summed E-state index contributed by atoms with van der Waals surface area (Å²) >= 11 is 1.75. The molecule has 0 saturated carbocycles. The maximum Gasteiger partial charge on any atom is 0.156 e. The van der Waals surface area contributed by atoms with Gasteiger partial charge in [-0.2, -0.15) is 0 Å².